The monoisotopic (exact) mass is 282 g/mol. The van der Waals surface area contributed by atoms with E-state index in [-0.39, 0.29) is 23.8 Å². The van der Waals surface area contributed by atoms with Gasteiger partial charge in [-0.25, -0.2) is 8.42 Å². The van der Waals surface area contributed by atoms with Crippen molar-refractivity contribution in [3.8, 4) is 0 Å². The lowest BCUT2D eigenvalue weighted by molar-refractivity contribution is -0.125. The Labute approximate surface area is 111 Å². The van der Waals surface area contributed by atoms with Crippen molar-refractivity contribution in [1.82, 2.24) is 9.62 Å². The number of benzene rings is 1. The maximum absolute atomic E-state index is 12.3. The Balaban J connectivity index is 2.16. The number of sulfonamides is 1. The Morgan fingerprint density at radius 3 is 2.53 bits per heavy atom. The van der Waals surface area contributed by atoms with Gasteiger partial charge in [0.2, 0.25) is 16.4 Å². The van der Waals surface area contributed by atoms with E-state index in [1.807, 2.05) is 0 Å². The quantitative estimate of drug-likeness (QED) is 0.773. The second-order valence-electron chi connectivity index (χ2n) is 4.24. The second kappa shape index (κ2) is 5.50. The average Bonchev–Trinajstić information content (AvgIpc) is 2.42. The summed E-state index contributed by atoms with van der Waals surface area (Å²) in [5, 5.41) is 2.39. The predicted molar refractivity (Wildman–Crippen MR) is 67.8 cm³/mol. The summed E-state index contributed by atoms with van der Waals surface area (Å²) in [6, 6.07) is 7.40. The van der Waals surface area contributed by atoms with Crippen molar-refractivity contribution >= 4 is 22.2 Å². The maximum Gasteiger partial charge on any atom is 0.243 e. The highest BCUT2D eigenvalue weighted by atomic mass is 32.2. The molecule has 1 heterocycles. The van der Waals surface area contributed by atoms with Crippen LogP contribution in [0.2, 0.25) is 0 Å². The van der Waals surface area contributed by atoms with E-state index >= 15 is 0 Å². The molecular weight excluding hydrogens is 268 g/mol. The molecule has 19 heavy (non-hydrogen) atoms. The summed E-state index contributed by atoms with van der Waals surface area (Å²) in [7, 11) is -3.64. The molecule has 0 saturated carbocycles. The van der Waals surface area contributed by atoms with Crippen molar-refractivity contribution in [1.29, 1.82) is 0 Å². The fourth-order valence-corrected chi connectivity index (χ4v) is 3.44. The van der Waals surface area contributed by atoms with Crippen molar-refractivity contribution < 1.29 is 18.0 Å². The van der Waals surface area contributed by atoms with E-state index in [1.54, 1.807) is 18.2 Å². The molecule has 0 spiro atoms. The predicted octanol–water partition coefficient (Wildman–Crippen LogP) is -0.235. The van der Waals surface area contributed by atoms with E-state index in [0.29, 0.717) is 12.8 Å². The zero-order chi connectivity index (χ0) is 13.9. The minimum Gasteiger partial charge on any atom is -0.349 e. The maximum atomic E-state index is 12.3. The summed E-state index contributed by atoms with van der Waals surface area (Å²) in [5.41, 5.74) is 0. The number of carbonyl (C=O) groups excluding carboxylic acids is 2. The van der Waals surface area contributed by atoms with Gasteiger partial charge in [0.25, 0.3) is 0 Å². The Bertz CT molecular complexity index is 571. The molecule has 1 fully saturated rings. The van der Waals surface area contributed by atoms with Gasteiger partial charge in [-0.1, -0.05) is 18.2 Å². The second-order valence-corrected chi connectivity index (χ2v) is 6.18. The van der Waals surface area contributed by atoms with Crippen LogP contribution in [0, 0.1) is 0 Å². The van der Waals surface area contributed by atoms with E-state index in [0.717, 1.165) is 4.31 Å². The number of hydrogen-bond donors (Lipinski definition) is 1. The zero-order valence-electron chi connectivity index (χ0n) is 10.2. The third-order valence-corrected chi connectivity index (χ3v) is 4.90. The smallest absolute Gasteiger partial charge is 0.243 e. The minimum atomic E-state index is -3.64. The molecule has 2 rings (SSSR count). The standard InChI is InChI=1S/C12H14N2O4S/c15-9-13-11-6-7-14(8-12(11)16)19(17,18)10-4-2-1-3-5-10/h1-5,9,11H,6-8H2,(H,13,15). The number of carbonyl (C=O) groups is 2. The highest BCUT2D eigenvalue weighted by molar-refractivity contribution is 7.89. The minimum absolute atomic E-state index is 0.171. The summed E-state index contributed by atoms with van der Waals surface area (Å²) in [4.78, 5) is 22.2. The Morgan fingerprint density at radius 1 is 1.26 bits per heavy atom. The molecule has 7 heteroatoms. The van der Waals surface area contributed by atoms with Crippen LogP contribution < -0.4 is 5.32 Å². The lowest BCUT2D eigenvalue weighted by atomic mass is 10.1. The molecule has 1 aromatic carbocycles. The van der Waals surface area contributed by atoms with Crippen LogP contribution in [0.5, 0.6) is 0 Å². The lowest BCUT2D eigenvalue weighted by Gasteiger charge is -2.29. The van der Waals surface area contributed by atoms with Crippen molar-refractivity contribution in [3.05, 3.63) is 30.3 Å². The number of piperidine rings is 1. The van der Waals surface area contributed by atoms with Crippen molar-refractivity contribution in [2.45, 2.75) is 17.4 Å². The average molecular weight is 282 g/mol. The Kier molecular flexibility index (Phi) is 3.96. The number of nitrogens with zero attached hydrogens (tertiary/aromatic N) is 1. The lowest BCUT2D eigenvalue weighted by Crippen LogP contribution is -2.51. The van der Waals surface area contributed by atoms with Gasteiger partial charge in [0.1, 0.15) is 0 Å². The van der Waals surface area contributed by atoms with Crippen LogP contribution in [0.15, 0.2) is 35.2 Å². The Morgan fingerprint density at radius 2 is 1.95 bits per heavy atom. The van der Waals surface area contributed by atoms with E-state index < -0.39 is 16.1 Å². The molecule has 0 aliphatic carbocycles. The van der Waals surface area contributed by atoms with E-state index in [9.17, 15) is 18.0 Å². The van der Waals surface area contributed by atoms with E-state index in [4.69, 9.17) is 0 Å². The number of rotatable bonds is 4. The molecule has 1 aliphatic heterocycles. The molecule has 0 aromatic heterocycles. The highest BCUT2D eigenvalue weighted by Crippen LogP contribution is 2.18. The fourth-order valence-electron chi connectivity index (χ4n) is 2.00. The first-order chi connectivity index (χ1) is 9.05. The van der Waals surface area contributed by atoms with E-state index in [1.165, 1.54) is 12.1 Å². The first-order valence-electron chi connectivity index (χ1n) is 5.83. The number of Topliss-reactive ketones (excluding diaryl/α,β-unsaturated/α-hetero) is 1. The molecule has 1 aliphatic rings. The summed E-state index contributed by atoms with van der Waals surface area (Å²) in [6.07, 6.45) is 0.757. The summed E-state index contributed by atoms with van der Waals surface area (Å²) in [6.45, 7) is 0.0111. The summed E-state index contributed by atoms with van der Waals surface area (Å²) >= 11 is 0. The summed E-state index contributed by atoms with van der Waals surface area (Å²) < 4.78 is 25.7. The molecule has 1 amide bonds. The van der Waals surface area contributed by atoms with Crippen LogP contribution in [0.4, 0.5) is 0 Å². The topological polar surface area (TPSA) is 83.6 Å². The molecule has 0 radical (unpaired) electrons. The molecule has 102 valence electrons. The van der Waals surface area contributed by atoms with Crippen LogP contribution in [-0.2, 0) is 19.6 Å². The summed E-state index contributed by atoms with van der Waals surface area (Å²) in [5.74, 6) is -0.294. The van der Waals surface area contributed by atoms with Gasteiger partial charge in [-0.2, -0.15) is 4.31 Å². The normalized spacial score (nSPS) is 21.1. The van der Waals surface area contributed by atoms with Gasteiger partial charge in [0.15, 0.2) is 5.78 Å². The molecule has 1 saturated heterocycles. The van der Waals surface area contributed by atoms with Gasteiger partial charge in [-0.05, 0) is 18.6 Å². The molecule has 1 atom stereocenters. The van der Waals surface area contributed by atoms with Gasteiger partial charge in [-0.15, -0.1) is 0 Å². The van der Waals surface area contributed by atoms with Crippen molar-refractivity contribution in [2.24, 2.45) is 0 Å². The first-order valence-corrected chi connectivity index (χ1v) is 7.27. The van der Waals surface area contributed by atoms with Gasteiger partial charge >= 0.3 is 0 Å². The van der Waals surface area contributed by atoms with Gasteiger partial charge < -0.3 is 5.32 Å². The third-order valence-electron chi connectivity index (χ3n) is 3.04. The third kappa shape index (κ3) is 2.82. The zero-order valence-corrected chi connectivity index (χ0v) is 11.0. The molecule has 6 nitrogen and oxygen atoms in total. The van der Waals surface area contributed by atoms with Crippen LogP contribution in [0.3, 0.4) is 0 Å². The van der Waals surface area contributed by atoms with Crippen LogP contribution >= 0.6 is 0 Å². The number of hydrogen-bond acceptors (Lipinski definition) is 4. The Hall–Kier alpha value is -1.73. The van der Waals surface area contributed by atoms with Crippen molar-refractivity contribution in [3.63, 3.8) is 0 Å². The SMILES string of the molecule is O=CNC1CCN(S(=O)(=O)c2ccccc2)CC1=O. The van der Waals surface area contributed by atoms with Crippen LogP contribution in [0.25, 0.3) is 0 Å². The number of amides is 1. The molecular formula is C12H14N2O4S. The fraction of sp³-hybridized carbons (Fsp3) is 0.333. The van der Waals surface area contributed by atoms with Gasteiger partial charge in [0, 0.05) is 6.54 Å². The van der Waals surface area contributed by atoms with Gasteiger partial charge in [0.05, 0.1) is 17.5 Å². The van der Waals surface area contributed by atoms with E-state index in [2.05, 4.69) is 5.32 Å². The largest absolute Gasteiger partial charge is 0.349 e. The van der Waals surface area contributed by atoms with Crippen LogP contribution in [-0.4, -0.2) is 44.0 Å². The number of ketones is 1. The molecule has 0 bridgehead atoms. The number of nitrogens with one attached hydrogen (secondary N) is 1. The molecule has 1 unspecified atom stereocenters. The van der Waals surface area contributed by atoms with Crippen molar-refractivity contribution in [2.75, 3.05) is 13.1 Å². The molecule has 1 aromatic rings. The van der Waals surface area contributed by atoms with Gasteiger partial charge in [-0.3, -0.25) is 9.59 Å². The molecule has 1 N–H and O–H groups in total. The highest BCUT2D eigenvalue weighted by Gasteiger charge is 2.33. The first kappa shape index (κ1) is 13.7. The van der Waals surface area contributed by atoms with Crippen LogP contribution in [0.1, 0.15) is 6.42 Å².